The van der Waals surface area contributed by atoms with Gasteiger partial charge in [0.2, 0.25) is 35.4 Å². The number of nitrogens with zero attached hydrogens (tertiary/aromatic N) is 4. The van der Waals surface area contributed by atoms with E-state index in [1.54, 1.807) is 68.9 Å². The van der Waals surface area contributed by atoms with E-state index in [4.69, 9.17) is 23.2 Å². The lowest BCUT2D eigenvalue weighted by molar-refractivity contribution is -0.127. The number of hydrogen-bond acceptors (Lipinski definition) is 12. The Morgan fingerprint density at radius 1 is 0.365 bits per heavy atom. The van der Waals surface area contributed by atoms with Crippen LogP contribution in [0.3, 0.4) is 0 Å². The molecule has 6 aromatic carbocycles. The van der Waals surface area contributed by atoms with Gasteiger partial charge in [0.25, 0.3) is 0 Å². The van der Waals surface area contributed by atoms with E-state index in [9.17, 15) is 37.5 Å². The van der Waals surface area contributed by atoms with Crippen molar-refractivity contribution in [3.63, 3.8) is 0 Å². The Kier molecular flexibility index (Phi) is 32.3. The molecular formula is C102H96Br2Cl2F2N6O6S6. The molecule has 12 nitrogen and oxygen atoms in total. The number of carbonyl (C=O) groups excluding carboxylic acids is 6. The van der Waals surface area contributed by atoms with E-state index >= 15 is 0 Å². The molecule has 18 rings (SSSR count). The van der Waals surface area contributed by atoms with Gasteiger partial charge >= 0.3 is 0 Å². The summed E-state index contributed by atoms with van der Waals surface area (Å²) in [6.45, 7) is 34.6. The Hall–Kier alpha value is -9.82. The topological polar surface area (TPSA) is 139 Å². The van der Waals surface area contributed by atoms with Crippen LogP contribution < -0.4 is 10.6 Å². The summed E-state index contributed by atoms with van der Waals surface area (Å²) < 4.78 is 31.8. The molecule has 12 aromatic rings. The zero-order chi connectivity index (χ0) is 89.6. The van der Waals surface area contributed by atoms with Crippen molar-refractivity contribution in [1.82, 2.24) is 30.2 Å². The first-order chi connectivity index (χ1) is 60.8. The Bertz CT molecular complexity index is 5460. The zero-order valence-electron chi connectivity index (χ0n) is 70.2. The molecule has 126 heavy (non-hydrogen) atoms. The molecule has 6 aromatic heterocycles. The predicted octanol–water partition coefficient (Wildman–Crippen LogP) is 25.0. The Morgan fingerprint density at radius 2 is 0.667 bits per heavy atom. The fourth-order valence-corrected chi connectivity index (χ4v) is 26.1. The van der Waals surface area contributed by atoms with Gasteiger partial charge in [0.1, 0.15) is 11.6 Å². The highest BCUT2D eigenvalue weighted by Crippen LogP contribution is 2.48. The van der Waals surface area contributed by atoms with Crippen LogP contribution in [0.2, 0.25) is 8.67 Å². The number of fused-ring (bicyclic) bond motifs is 6. The first-order valence-corrected chi connectivity index (χ1v) is 48.6. The first-order valence-electron chi connectivity index (χ1n) is 41.2. The van der Waals surface area contributed by atoms with Gasteiger partial charge in [0.15, 0.2) is 0 Å². The number of aryl methyl sites for hydroxylation is 4. The summed E-state index contributed by atoms with van der Waals surface area (Å²) in [7, 11) is 0. The summed E-state index contributed by atoms with van der Waals surface area (Å²) in [5.41, 5.74) is 19.0. The molecule has 0 unspecified atom stereocenters. The minimum absolute atomic E-state index is 0.00144. The van der Waals surface area contributed by atoms with Crippen LogP contribution in [0.15, 0.2) is 276 Å². The van der Waals surface area contributed by atoms with Gasteiger partial charge in [-0.3, -0.25) is 28.8 Å². The molecule has 6 aliphatic rings. The number of thiophene rings is 6. The minimum atomic E-state index is -0.260. The highest BCUT2D eigenvalue weighted by molar-refractivity contribution is 9.11. The molecule has 0 radical (unpaired) electrons. The maximum atomic E-state index is 14.1. The summed E-state index contributed by atoms with van der Waals surface area (Å²) >= 11 is 29.5. The van der Waals surface area contributed by atoms with Crippen LogP contribution in [0.25, 0.3) is 0 Å². The Morgan fingerprint density at radius 3 is 0.984 bits per heavy atom. The molecule has 10 heterocycles. The molecule has 8 atom stereocenters. The van der Waals surface area contributed by atoms with E-state index < -0.39 is 0 Å². The minimum Gasteiger partial charge on any atom is -0.349 e. The smallest absolute Gasteiger partial charge is 0.246 e. The van der Waals surface area contributed by atoms with Crippen LogP contribution in [0, 0.1) is 39.3 Å². The van der Waals surface area contributed by atoms with Crippen LogP contribution >= 0.6 is 123 Å². The standard InChI is InChI=1S/2C18H19NOS.2C17H16BrNOS.2C16H13ClFNOS/c2*1-3-17(20)19-14-10-13-8-9-21-18(13)16(11-14)15-7-5-4-6-12(15)2;2*1-3-16(20)19-9-12-8-15(18)21-17(12)14(10-19)13-7-5-4-6-11(13)2;2*1-2-16(20)19-8-12(10-5-3-4-6-13(10)18)11-7-15(17)21-14(11)9-19/h2*3-9,14,16H,1,10-11H2,2H3,(H,19,20);2*3-8,14H,1,9-10H2,2H3;2*2-7,12H,1,8-9H2/t14-,16+;14-,16-;2*14-;2*12-/m001010/s1. The molecule has 2 N–H and O–H groups in total. The van der Waals surface area contributed by atoms with E-state index in [0.717, 1.165) is 67.2 Å². The van der Waals surface area contributed by atoms with E-state index in [1.807, 2.05) is 44.6 Å². The van der Waals surface area contributed by atoms with Gasteiger partial charge in [-0.05, 0) is 270 Å². The van der Waals surface area contributed by atoms with E-state index in [0.29, 0.717) is 70.9 Å². The molecule has 648 valence electrons. The zero-order valence-corrected chi connectivity index (χ0v) is 79.8. The van der Waals surface area contributed by atoms with Crippen LogP contribution in [-0.2, 0) is 67.8 Å². The lowest BCUT2D eigenvalue weighted by Crippen LogP contribution is -2.39. The Balaban J connectivity index is 0.000000130. The average molecular weight is 1960 g/mol. The second-order valence-electron chi connectivity index (χ2n) is 31.5. The maximum Gasteiger partial charge on any atom is 0.246 e. The number of carbonyl (C=O) groups is 6. The largest absolute Gasteiger partial charge is 0.349 e. The van der Waals surface area contributed by atoms with Gasteiger partial charge < -0.3 is 30.2 Å². The fraction of sp³-hybridized carbons (Fsp3) is 0.235. The SMILES string of the molecule is C=CC(=O)N1Cc2cc(Br)sc2[C@@H](c2ccccc2C)C1.C=CC(=O)N1Cc2cc(Br)sc2[C@H](c2ccccc2C)C1.C=CC(=O)N1Cc2sc(Cl)cc2[C@@H](c2ccccc2F)C1.C=CC(=O)N1Cc2sc(Cl)cc2[C@H](c2ccccc2F)C1.C=CC(=O)N[C@H]1Cc2ccsc2[C@@H](c2ccccc2C)C1.C=CC(=O)N[C@H]1Cc2ccsc2[C@H](c2ccccc2C)C1. The predicted molar refractivity (Wildman–Crippen MR) is 523 cm³/mol. The average Bonchev–Trinajstić information content (AvgIpc) is 1.07. The summed E-state index contributed by atoms with van der Waals surface area (Å²) in [5, 5.41) is 10.5. The summed E-state index contributed by atoms with van der Waals surface area (Å²) in [4.78, 5) is 86.0. The third-order valence-electron chi connectivity index (χ3n) is 23.6. The number of benzene rings is 6. The van der Waals surface area contributed by atoms with Crippen molar-refractivity contribution in [2.24, 2.45) is 0 Å². The highest BCUT2D eigenvalue weighted by atomic mass is 79.9. The van der Waals surface area contributed by atoms with Gasteiger partial charge in [0.05, 0.1) is 29.3 Å². The van der Waals surface area contributed by atoms with Crippen LogP contribution in [0.5, 0.6) is 0 Å². The Labute approximate surface area is 787 Å². The summed E-state index contributed by atoms with van der Waals surface area (Å²) in [6, 6.07) is 60.1. The van der Waals surface area contributed by atoms with Crippen molar-refractivity contribution >= 4 is 159 Å². The van der Waals surface area contributed by atoms with Gasteiger partial charge in [-0.25, -0.2) is 8.78 Å². The van der Waals surface area contributed by atoms with Crippen molar-refractivity contribution in [3.05, 3.63) is 415 Å². The van der Waals surface area contributed by atoms with E-state index in [1.165, 1.54) is 158 Å². The lowest BCUT2D eigenvalue weighted by atomic mass is 9.80. The molecule has 0 spiro atoms. The number of halogens is 6. The molecule has 6 amide bonds. The normalized spacial score (nSPS) is 18.5. The van der Waals surface area contributed by atoms with Crippen LogP contribution in [0.1, 0.15) is 167 Å². The van der Waals surface area contributed by atoms with Crippen LogP contribution in [-0.4, -0.2) is 93.3 Å². The molecule has 0 bridgehead atoms. The van der Waals surface area contributed by atoms with Gasteiger partial charge in [0, 0.05) is 116 Å². The summed E-state index contributed by atoms with van der Waals surface area (Å²) in [5.74, 6) is -0.108. The molecule has 0 fully saturated rings. The van der Waals surface area contributed by atoms with Crippen molar-refractivity contribution < 1.29 is 37.5 Å². The number of amides is 6. The van der Waals surface area contributed by atoms with E-state index in [-0.39, 0.29) is 82.8 Å². The second-order valence-corrected chi connectivity index (χ2v) is 41.9. The monoisotopic (exact) mass is 1960 g/mol. The lowest BCUT2D eigenvalue weighted by Gasteiger charge is -2.33. The molecule has 4 aliphatic heterocycles. The van der Waals surface area contributed by atoms with E-state index in [2.05, 4.69) is 242 Å². The van der Waals surface area contributed by atoms with Gasteiger partial charge in [-0.15, -0.1) is 68.0 Å². The fourth-order valence-electron chi connectivity index (χ4n) is 17.6. The molecular weight excluding hydrogens is 1870 g/mol. The van der Waals surface area contributed by atoms with Gasteiger partial charge in [-0.1, -0.05) is 196 Å². The molecule has 0 saturated carbocycles. The van der Waals surface area contributed by atoms with Crippen molar-refractivity contribution in [2.75, 3.05) is 26.2 Å². The van der Waals surface area contributed by atoms with Crippen LogP contribution in [0.4, 0.5) is 8.78 Å². The highest BCUT2D eigenvalue weighted by Gasteiger charge is 2.38. The second kappa shape index (κ2) is 43.3. The molecule has 24 heteroatoms. The summed E-state index contributed by atoms with van der Waals surface area (Å²) in [6.07, 6.45) is 11.8. The number of nitrogens with one attached hydrogen (secondary N) is 2. The third-order valence-corrected chi connectivity index (χ3v) is 31.9. The third kappa shape index (κ3) is 22.3. The van der Waals surface area contributed by atoms with Crippen molar-refractivity contribution in [2.45, 2.75) is 127 Å². The van der Waals surface area contributed by atoms with Gasteiger partial charge in [-0.2, -0.15) is 0 Å². The number of hydrogen-bond donors (Lipinski definition) is 2. The van der Waals surface area contributed by atoms with Crippen molar-refractivity contribution in [3.8, 4) is 0 Å². The maximum absolute atomic E-state index is 14.1. The quantitative estimate of drug-likeness (QED) is 0.104. The molecule has 2 aliphatic carbocycles. The first kappa shape index (κ1) is 93.8. The number of rotatable bonds is 14. The molecule has 0 saturated heterocycles. The van der Waals surface area contributed by atoms with Crippen molar-refractivity contribution in [1.29, 1.82) is 0 Å².